The molecule has 104 valence electrons. The molecule has 0 atom stereocenters. The van der Waals surface area contributed by atoms with Crippen LogP contribution in [0.15, 0.2) is 12.7 Å². The summed E-state index contributed by atoms with van der Waals surface area (Å²) in [7, 11) is 0. The normalized spacial score (nSPS) is 16.6. The number of hydrogen-bond acceptors (Lipinski definition) is 3. The van der Waals surface area contributed by atoms with Crippen LogP contribution in [0.4, 0.5) is 0 Å². The molecule has 1 aromatic rings. The Morgan fingerprint density at radius 1 is 1.53 bits per heavy atom. The molecule has 1 saturated heterocycles. The number of piperidine rings is 1. The second-order valence-electron chi connectivity index (χ2n) is 4.98. The van der Waals surface area contributed by atoms with E-state index < -0.39 is 0 Å². The molecule has 1 aromatic heterocycles. The number of rotatable bonds is 5. The summed E-state index contributed by atoms with van der Waals surface area (Å²) in [6.45, 7) is 7.34. The fourth-order valence-electron chi connectivity index (χ4n) is 2.42. The Hall–Kier alpha value is -1.65. The molecule has 1 aliphatic heterocycles. The maximum Gasteiger partial charge on any atom is 0.222 e. The Balaban J connectivity index is 1.84. The molecule has 0 unspecified atom stereocenters. The van der Waals surface area contributed by atoms with Crippen LogP contribution in [0, 0.1) is 0 Å². The van der Waals surface area contributed by atoms with Gasteiger partial charge in [0.25, 0.3) is 0 Å². The molecule has 1 aliphatic rings. The SMILES string of the molecule is C=CCCC(=O)N1CCC(c2n[nH]c(CC)n2)CC1. The Morgan fingerprint density at radius 3 is 2.84 bits per heavy atom. The van der Waals surface area contributed by atoms with Crippen molar-refractivity contribution in [2.75, 3.05) is 13.1 Å². The number of H-pyrrole nitrogens is 1. The first-order chi connectivity index (χ1) is 9.24. The second-order valence-corrected chi connectivity index (χ2v) is 4.98. The van der Waals surface area contributed by atoms with E-state index in [1.54, 1.807) is 6.08 Å². The first-order valence-corrected chi connectivity index (χ1v) is 7.04. The number of aryl methyl sites for hydroxylation is 1. The molecule has 2 heterocycles. The highest BCUT2D eigenvalue weighted by molar-refractivity contribution is 5.76. The fourth-order valence-corrected chi connectivity index (χ4v) is 2.42. The molecule has 0 aromatic carbocycles. The molecule has 0 aliphatic carbocycles. The minimum Gasteiger partial charge on any atom is -0.343 e. The van der Waals surface area contributed by atoms with Crippen molar-refractivity contribution in [1.82, 2.24) is 20.1 Å². The van der Waals surface area contributed by atoms with Gasteiger partial charge in [0.05, 0.1) is 0 Å². The van der Waals surface area contributed by atoms with Gasteiger partial charge in [-0.15, -0.1) is 6.58 Å². The molecule has 0 bridgehead atoms. The van der Waals surface area contributed by atoms with Crippen molar-refractivity contribution in [3.63, 3.8) is 0 Å². The van der Waals surface area contributed by atoms with Crippen molar-refractivity contribution in [2.45, 2.75) is 44.9 Å². The van der Waals surface area contributed by atoms with Crippen molar-refractivity contribution in [3.8, 4) is 0 Å². The van der Waals surface area contributed by atoms with Crippen LogP contribution in [0.3, 0.4) is 0 Å². The number of aromatic nitrogens is 3. The molecule has 1 amide bonds. The highest BCUT2D eigenvalue weighted by atomic mass is 16.2. The molecule has 0 radical (unpaired) electrons. The zero-order valence-corrected chi connectivity index (χ0v) is 11.6. The lowest BCUT2D eigenvalue weighted by atomic mass is 9.96. The third-order valence-electron chi connectivity index (χ3n) is 3.66. The Kier molecular flexibility index (Phi) is 4.71. The van der Waals surface area contributed by atoms with Crippen molar-refractivity contribution in [2.24, 2.45) is 0 Å². The number of carbonyl (C=O) groups is 1. The largest absolute Gasteiger partial charge is 0.343 e. The van der Waals surface area contributed by atoms with Gasteiger partial charge < -0.3 is 4.90 Å². The Labute approximate surface area is 114 Å². The molecule has 19 heavy (non-hydrogen) atoms. The number of allylic oxidation sites excluding steroid dienone is 1. The molecule has 0 spiro atoms. The van der Waals surface area contributed by atoms with Gasteiger partial charge in [-0.25, -0.2) is 4.98 Å². The van der Waals surface area contributed by atoms with Gasteiger partial charge in [-0.05, 0) is 19.3 Å². The molecule has 0 saturated carbocycles. The average Bonchev–Trinajstić information content (AvgIpc) is 2.94. The van der Waals surface area contributed by atoms with Crippen LogP contribution in [0.5, 0.6) is 0 Å². The van der Waals surface area contributed by atoms with Crippen LogP contribution in [0.1, 0.15) is 50.2 Å². The van der Waals surface area contributed by atoms with Gasteiger partial charge in [0.1, 0.15) is 5.82 Å². The molecule has 5 nitrogen and oxygen atoms in total. The number of amides is 1. The van der Waals surface area contributed by atoms with Crippen molar-refractivity contribution < 1.29 is 4.79 Å². The standard InChI is InChI=1S/C14H22N4O/c1-3-5-6-13(19)18-9-7-11(8-10-18)14-15-12(4-2)16-17-14/h3,11H,1,4-10H2,2H3,(H,15,16,17). The zero-order valence-electron chi connectivity index (χ0n) is 11.6. The minimum atomic E-state index is 0.239. The van der Waals surface area contributed by atoms with E-state index in [0.29, 0.717) is 12.3 Å². The topological polar surface area (TPSA) is 61.9 Å². The minimum absolute atomic E-state index is 0.239. The molecule has 1 fully saturated rings. The summed E-state index contributed by atoms with van der Waals surface area (Å²) < 4.78 is 0. The number of carbonyl (C=O) groups excluding carboxylic acids is 1. The number of nitrogens with zero attached hydrogens (tertiary/aromatic N) is 3. The first-order valence-electron chi connectivity index (χ1n) is 7.04. The number of aromatic amines is 1. The summed E-state index contributed by atoms with van der Waals surface area (Å²) in [5.74, 6) is 2.48. The van der Waals surface area contributed by atoms with Crippen LogP contribution in [-0.4, -0.2) is 39.1 Å². The van der Waals surface area contributed by atoms with E-state index in [4.69, 9.17) is 0 Å². The van der Waals surface area contributed by atoms with E-state index in [9.17, 15) is 4.79 Å². The Morgan fingerprint density at radius 2 is 2.26 bits per heavy atom. The third kappa shape index (κ3) is 3.43. The van der Waals surface area contributed by atoms with E-state index in [1.807, 2.05) is 4.90 Å². The molecule has 1 N–H and O–H groups in total. The van der Waals surface area contributed by atoms with E-state index in [1.165, 1.54) is 0 Å². The van der Waals surface area contributed by atoms with Crippen molar-refractivity contribution >= 4 is 5.91 Å². The maximum absolute atomic E-state index is 11.9. The van der Waals surface area contributed by atoms with Gasteiger partial charge in [-0.2, -0.15) is 5.10 Å². The molecule has 5 heteroatoms. The summed E-state index contributed by atoms with van der Waals surface area (Å²) in [4.78, 5) is 18.3. The highest BCUT2D eigenvalue weighted by Crippen LogP contribution is 2.25. The van der Waals surface area contributed by atoms with Crippen molar-refractivity contribution in [1.29, 1.82) is 0 Å². The number of nitrogens with one attached hydrogen (secondary N) is 1. The van der Waals surface area contributed by atoms with Crippen LogP contribution in [-0.2, 0) is 11.2 Å². The molecule has 2 rings (SSSR count). The highest BCUT2D eigenvalue weighted by Gasteiger charge is 2.25. The molecular weight excluding hydrogens is 240 g/mol. The van der Waals surface area contributed by atoms with Crippen molar-refractivity contribution in [3.05, 3.63) is 24.3 Å². The van der Waals surface area contributed by atoms with Gasteiger partial charge in [-0.3, -0.25) is 9.89 Å². The summed E-state index contributed by atoms with van der Waals surface area (Å²) in [6, 6.07) is 0. The van der Waals surface area contributed by atoms with E-state index in [2.05, 4.69) is 28.7 Å². The van der Waals surface area contributed by atoms with E-state index in [0.717, 1.165) is 50.4 Å². The summed E-state index contributed by atoms with van der Waals surface area (Å²) in [5.41, 5.74) is 0. The fraction of sp³-hybridized carbons (Fsp3) is 0.643. The van der Waals surface area contributed by atoms with Gasteiger partial charge in [0.2, 0.25) is 5.91 Å². The zero-order chi connectivity index (χ0) is 13.7. The van der Waals surface area contributed by atoms with Gasteiger partial charge in [0, 0.05) is 31.8 Å². The van der Waals surface area contributed by atoms with Gasteiger partial charge in [0.15, 0.2) is 5.82 Å². The van der Waals surface area contributed by atoms with Crippen LogP contribution in [0.2, 0.25) is 0 Å². The predicted octanol–water partition coefficient (Wildman–Crippen LogP) is 2.04. The predicted molar refractivity (Wildman–Crippen MR) is 73.7 cm³/mol. The number of hydrogen-bond donors (Lipinski definition) is 1. The van der Waals surface area contributed by atoms with Crippen LogP contribution < -0.4 is 0 Å². The van der Waals surface area contributed by atoms with Crippen LogP contribution in [0.25, 0.3) is 0 Å². The number of likely N-dealkylation sites (tertiary alicyclic amines) is 1. The lowest BCUT2D eigenvalue weighted by molar-refractivity contribution is -0.132. The van der Waals surface area contributed by atoms with Gasteiger partial charge >= 0.3 is 0 Å². The van der Waals surface area contributed by atoms with E-state index in [-0.39, 0.29) is 5.91 Å². The second kappa shape index (κ2) is 6.50. The van der Waals surface area contributed by atoms with E-state index >= 15 is 0 Å². The monoisotopic (exact) mass is 262 g/mol. The lowest BCUT2D eigenvalue weighted by Gasteiger charge is -2.30. The van der Waals surface area contributed by atoms with Crippen LogP contribution >= 0.6 is 0 Å². The smallest absolute Gasteiger partial charge is 0.222 e. The quantitative estimate of drug-likeness (QED) is 0.826. The van der Waals surface area contributed by atoms with Gasteiger partial charge in [-0.1, -0.05) is 13.0 Å². The molecular formula is C14H22N4O. The first kappa shape index (κ1) is 13.8. The summed E-state index contributed by atoms with van der Waals surface area (Å²) in [6.07, 6.45) is 5.94. The summed E-state index contributed by atoms with van der Waals surface area (Å²) >= 11 is 0. The average molecular weight is 262 g/mol. The summed E-state index contributed by atoms with van der Waals surface area (Å²) in [5, 5.41) is 7.24. The Bertz CT molecular complexity index is 432. The maximum atomic E-state index is 11.9. The third-order valence-corrected chi connectivity index (χ3v) is 3.66. The lowest BCUT2D eigenvalue weighted by Crippen LogP contribution is -2.37.